The Hall–Kier alpha value is -2.78. The van der Waals surface area contributed by atoms with Crippen LogP contribution in [0.1, 0.15) is 74.8 Å². The number of rotatable bonds is 28. The Morgan fingerprint density at radius 1 is 0.440 bits per heavy atom. The lowest BCUT2D eigenvalue weighted by molar-refractivity contribution is -0.129. The first-order chi connectivity index (χ1) is 23.8. The highest BCUT2D eigenvalue weighted by Crippen LogP contribution is 2.27. The van der Waals surface area contributed by atoms with Crippen LogP contribution < -0.4 is 4.74 Å². The van der Waals surface area contributed by atoms with Crippen LogP contribution in [0, 0.1) is 10.8 Å². The van der Waals surface area contributed by atoms with E-state index >= 15 is 0 Å². The molecule has 0 aliphatic carbocycles. The maximum Gasteiger partial charge on any atom is 0.119 e. The summed E-state index contributed by atoms with van der Waals surface area (Å²) in [4.78, 5) is 0. The topological polar surface area (TPSA) is 64.6 Å². The molecule has 0 spiro atoms. The Kier molecular flexibility index (Phi) is 23.6. The molecular formula is C43H68O7. The van der Waals surface area contributed by atoms with Gasteiger partial charge in [0.25, 0.3) is 0 Å². The predicted molar refractivity (Wildman–Crippen MR) is 209 cm³/mol. The number of benzene rings is 1. The summed E-state index contributed by atoms with van der Waals surface area (Å²) in [6.07, 6.45) is 12.2. The highest BCUT2D eigenvalue weighted by molar-refractivity contribution is 5.48. The molecule has 50 heavy (non-hydrogen) atoms. The van der Waals surface area contributed by atoms with E-state index in [9.17, 15) is 0 Å². The second-order valence-electron chi connectivity index (χ2n) is 14.5. The molecule has 0 aliphatic rings. The summed E-state index contributed by atoms with van der Waals surface area (Å²) in [5.41, 5.74) is 5.88. The number of hydrogen-bond donors (Lipinski definition) is 0. The van der Waals surface area contributed by atoms with Gasteiger partial charge in [-0.1, -0.05) is 83.0 Å². The van der Waals surface area contributed by atoms with Crippen LogP contribution in [-0.2, 0) is 28.4 Å². The molecular weight excluding hydrogens is 628 g/mol. The summed E-state index contributed by atoms with van der Waals surface area (Å²) in [5, 5.41) is 0. The highest BCUT2D eigenvalue weighted by atomic mass is 16.5. The third-order valence-electron chi connectivity index (χ3n) is 7.57. The van der Waals surface area contributed by atoms with Gasteiger partial charge in [-0.05, 0) is 86.9 Å². The minimum Gasteiger partial charge on any atom is -0.493 e. The molecule has 0 amide bonds. The molecule has 0 N–H and O–H groups in total. The Labute approximate surface area is 305 Å². The Morgan fingerprint density at radius 3 is 1.00 bits per heavy atom. The predicted octanol–water partition coefficient (Wildman–Crippen LogP) is 9.61. The molecule has 7 nitrogen and oxygen atoms in total. The van der Waals surface area contributed by atoms with Gasteiger partial charge in [0.2, 0.25) is 0 Å². The van der Waals surface area contributed by atoms with Crippen molar-refractivity contribution in [2.75, 3.05) is 85.9 Å². The third kappa shape index (κ3) is 22.1. The first-order valence-electron chi connectivity index (χ1n) is 17.8. The summed E-state index contributed by atoms with van der Waals surface area (Å²) in [5.74, 6) is 0.760. The van der Waals surface area contributed by atoms with Crippen molar-refractivity contribution in [2.45, 2.75) is 69.2 Å². The summed E-state index contributed by atoms with van der Waals surface area (Å²) >= 11 is 0. The molecule has 1 aromatic rings. The molecule has 0 saturated carbocycles. The molecule has 0 bridgehead atoms. The van der Waals surface area contributed by atoms with Crippen LogP contribution in [0.15, 0.2) is 89.1 Å². The second-order valence-corrected chi connectivity index (χ2v) is 14.5. The first kappa shape index (κ1) is 45.2. The van der Waals surface area contributed by atoms with E-state index in [0.717, 1.165) is 11.3 Å². The van der Waals surface area contributed by atoms with Crippen molar-refractivity contribution in [3.05, 3.63) is 94.7 Å². The summed E-state index contributed by atoms with van der Waals surface area (Å²) in [7, 11) is 0. The second kappa shape index (κ2) is 26.1. The van der Waals surface area contributed by atoms with E-state index in [4.69, 9.17) is 33.2 Å². The van der Waals surface area contributed by atoms with Gasteiger partial charge in [-0.15, -0.1) is 0 Å². The zero-order chi connectivity index (χ0) is 37.3. The van der Waals surface area contributed by atoms with Gasteiger partial charge in [0.05, 0.1) is 90.1 Å². The fraction of sp³-hybridized carbons (Fsp3) is 0.581. The van der Waals surface area contributed by atoms with E-state index in [0.29, 0.717) is 85.9 Å². The van der Waals surface area contributed by atoms with Crippen molar-refractivity contribution in [3.63, 3.8) is 0 Å². The molecule has 0 atom stereocenters. The summed E-state index contributed by atoms with van der Waals surface area (Å²) < 4.78 is 44.4. The molecule has 0 fully saturated rings. The summed E-state index contributed by atoms with van der Waals surface area (Å²) in [6, 6.07) is 7.90. The van der Waals surface area contributed by atoms with Crippen LogP contribution >= 0.6 is 0 Å². The third-order valence-corrected chi connectivity index (χ3v) is 7.57. The minimum absolute atomic E-state index is 0.332. The SMILES string of the molecule is C=Cc1ccc(OCC(COCC=C(C)C)(COCC=C(C)C)COCC(COCC=C(C)C)(COCC=C(C)C)COCC=C(C)C)cc1. The number of ether oxygens (including phenoxy) is 7. The van der Waals surface area contributed by atoms with Crippen LogP contribution in [0.5, 0.6) is 5.75 Å². The number of allylic oxidation sites excluding steroid dienone is 5. The van der Waals surface area contributed by atoms with Crippen molar-refractivity contribution in [1.82, 2.24) is 0 Å². The number of hydrogen-bond acceptors (Lipinski definition) is 7. The van der Waals surface area contributed by atoms with Gasteiger partial charge in [-0.25, -0.2) is 0 Å². The van der Waals surface area contributed by atoms with Crippen molar-refractivity contribution < 1.29 is 33.2 Å². The highest BCUT2D eigenvalue weighted by Gasteiger charge is 2.37. The molecule has 0 radical (unpaired) electrons. The van der Waals surface area contributed by atoms with E-state index in [1.165, 1.54) is 27.9 Å². The van der Waals surface area contributed by atoms with Gasteiger partial charge in [0.1, 0.15) is 12.4 Å². The van der Waals surface area contributed by atoms with Crippen molar-refractivity contribution in [2.24, 2.45) is 10.8 Å². The van der Waals surface area contributed by atoms with Crippen LogP contribution in [-0.4, -0.2) is 85.9 Å². The molecule has 0 saturated heterocycles. The Morgan fingerprint density at radius 2 is 0.720 bits per heavy atom. The molecule has 7 heteroatoms. The average Bonchev–Trinajstić information content (AvgIpc) is 3.06. The maximum atomic E-state index is 6.71. The molecule has 282 valence electrons. The van der Waals surface area contributed by atoms with Crippen molar-refractivity contribution in [3.8, 4) is 5.75 Å². The van der Waals surface area contributed by atoms with Gasteiger partial charge < -0.3 is 33.2 Å². The lowest BCUT2D eigenvalue weighted by atomic mass is 9.90. The van der Waals surface area contributed by atoms with Gasteiger partial charge in [-0.2, -0.15) is 0 Å². The van der Waals surface area contributed by atoms with Crippen LogP contribution in [0.25, 0.3) is 6.08 Å². The van der Waals surface area contributed by atoms with Crippen LogP contribution in [0.4, 0.5) is 0 Å². The van der Waals surface area contributed by atoms with Crippen molar-refractivity contribution in [1.29, 1.82) is 0 Å². The van der Waals surface area contributed by atoms with Crippen LogP contribution in [0.3, 0.4) is 0 Å². The van der Waals surface area contributed by atoms with Gasteiger partial charge in [0.15, 0.2) is 0 Å². The zero-order valence-electron chi connectivity index (χ0n) is 33.0. The normalized spacial score (nSPS) is 11.4. The average molecular weight is 697 g/mol. The van der Waals surface area contributed by atoms with Crippen LogP contribution in [0.2, 0.25) is 0 Å². The fourth-order valence-corrected chi connectivity index (χ4v) is 4.43. The van der Waals surface area contributed by atoms with Gasteiger partial charge in [-0.3, -0.25) is 0 Å². The van der Waals surface area contributed by atoms with Gasteiger partial charge in [0, 0.05) is 0 Å². The maximum absolute atomic E-state index is 6.71. The van der Waals surface area contributed by atoms with E-state index < -0.39 is 10.8 Å². The lowest BCUT2D eigenvalue weighted by Gasteiger charge is -2.36. The Balaban J connectivity index is 3.41. The monoisotopic (exact) mass is 696 g/mol. The first-order valence-corrected chi connectivity index (χ1v) is 17.8. The van der Waals surface area contributed by atoms with Crippen molar-refractivity contribution >= 4 is 6.08 Å². The lowest BCUT2D eigenvalue weighted by Crippen LogP contribution is -2.46. The zero-order valence-corrected chi connectivity index (χ0v) is 33.0. The van der Waals surface area contributed by atoms with Gasteiger partial charge >= 0.3 is 0 Å². The van der Waals surface area contributed by atoms with E-state index in [1.54, 1.807) is 0 Å². The molecule has 1 rings (SSSR count). The standard InChI is InChI=1S/C43H68O7/c1-12-40-13-15-41(16-14-40)50-34-43(30-47-25-20-38(8)9,31-48-26-21-39(10)11)33-49-32-42(27-44-22-17-35(2)3,28-45-23-18-36(4)5)29-46-24-19-37(6)7/h12-21H,1,22-34H2,2-11H3. The molecule has 0 aliphatic heterocycles. The largest absolute Gasteiger partial charge is 0.493 e. The van der Waals surface area contributed by atoms with E-state index in [2.05, 4.69) is 106 Å². The smallest absolute Gasteiger partial charge is 0.119 e. The minimum atomic E-state index is -0.609. The molecule has 0 heterocycles. The van der Waals surface area contributed by atoms with E-state index in [1.807, 2.05) is 30.3 Å². The summed E-state index contributed by atoms with van der Waals surface area (Å²) in [6.45, 7) is 30.1. The molecule has 0 aromatic heterocycles. The van der Waals surface area contributed by atoms with E-state index in [-0.39, 0.29) is 0 Å². The Bertz CT molecular complexity index is 1130. The quantitative estimate of drug-likeness (QED) is 0.0639. The molecule has 0 unspecified atom stereocenters. The fourth-order valence-electron chi connectivity index (χ4n) is 4.43. The molecule has 1 aromatic carbocycles.